The first-order valence-corrected chi connectivity index (χ1v) is 5.33. The van der Waals surface area contributed by atoms with E-state index in [-0.39, 0.29) is 0 Å². The molecule has 0 saturated heterocycles. The van der Waals surface area contributed by atoms with Crippen LogP contribution in [0.25, 0.3) is 0 Å². The average molecular weight is 211 g/mol. The molecule has 14 heavy (non-hydrogen) atoms. The predicted octanol–water partition coefficient (Wildman–Crippen LogP) is 3.26. The Morgan fingerprint density at radius 1 is 1.57 bits per heavy atom. The van der Waals surface area contributed by atoms with Gasteiger partial charge in [-0.1, -0.05) is 18.5 Å². The Balaban J connectivity index is 1.99. The van der Waals surface area contributed by atoms with Crippen LogP contribution in [0.2, 0.25) is 5.15 Å². The predicted molar refractivity (Wildman–Crippen MR) is 59.8 cm³/mol. The largest absolute Gasteiger partial charge is 0.383 e. The highest BCUT2D eigenvalue weighted by molar-refractivity contribution is 6.30. The molecular weight excluding hydrogens is 196 g/mol. The summed E-state index contributed by atoms with van der Waals surface area (Å²) in [6.45, 7) is 5.31. The van der Waals surface area contributed by atoms with Crippen LogP contribution in [0.5, 0.6) is 0 Å². The molecule has 3 heteroatoms. The van der Waals surface area contributed by atoms with Crippen molar-refractivity contribution in [3.05, 3.63) is 23.0 Å². The highest BCUT2D eigenvalue weighted by atomic mass is 35.5. The van der Waals surface area contributed by atoms with E-state index in [4.69, 9.17) is 11.6 Å². The second-order valence-corrected chi connectivity index (χ2v) is 4.85. The van der Waals surface area contributed by atoms with Crippen molar-refractivity contribution in [1.82, 2.24) is 4.98 Å². The zero-order valence-electron chi connectivity index (χ0n) is 8.60. The molecule has 0 bridgehead atoms. The van der Waals surface area contributed by atoms with Crippen LogP contribution < -0.4 is 5.32 Å². The van der Waals surface area contributed by atoms with E-state index < -0.39 is 0 Å². The van der Waals surface area contributed by atoms with Gasteiger partial charge in [0.2, 0.25) is 0 Å². The van der Waals surface area contributed by atoms with Gasteiger partial charge in [0.15, 0.2) is 0 Å². The Labute approximate surface area is 89.7 Å². The third kappa shape index (κ3) is 2.18. The lowest BCUT2D eigenvalue weighted by Crippen LogP contribution is -2.11. The molecule has 0 amide bonds. The van der Waals surface area contributed by atoms with Crippen molar-refractivity contribution in [3.63, 3.8) is 0 Å². The molecule has 1 heterocycles. The molecule has 1 fully saturated rings. The summed E-state index contributed by atoms with van der Waals surface area (Å²) in [5, 5.41) is 3.98. The maximum Gasteiger partial charge on any atom is 0.132 e. The fraction of sp³-hybridized carbons (Fsp3) is 0.545. The molecule has 1 aliphatic carbocycles. The van der Waals surface area contributed by atoms with Crippen LogP contribution in [0.1, 0.15) is 25.3 Å². The van der Waals surface area contributed by atoms with Crippen LogP contribution in [0.15, 0.2) is 12.3 Å². The standard InChI is InChI=1S/C11H15ClN2/c1-8-5-9(6-13-10(8)12)14-7-11(2)3-4-11/h5-6,14H,3-4,7H2,1-2H3. The van der Waals surface area contributed by atoms with E-state index in [0.29, 0.717) is 10.6 Å². The van der Waals surface area contributed by atoms with E-state index >= 15 is 0 Å². The highest BCUT2D eigenvalue weighted by Crippen LogP contribution is 2.44. The highest BCUT2D eigenvalue weighted by Gasteiger charge is 2.36. The van der Waals surface area contributed by atoms with Crippen LogP contribution >= 0.6 is 11.6 Å². The third-order valence-electron chi connectivity index (χ3n) is 2.84. The van der Waals surface area contributed by atoms with Gasteiger partial charge in [-0.25, -0.2) is 4.98 Å². The van der Waals surface area contributed by atoms with Gasteiger partial charge in [0.25, 0.3) is 0 Å². The molecule has 0 atom stereocenters. The molecule has 1 N–H and O–H groups in total. The SMILES string of the molecule is Cc1cc(NCC2(C)CC2)cnc1Cl. The lowest BCUT2D eigenvalue weighted by atomic mass is 10.1. The van der Waals surface area contributed by atoms with Crippen molar-refractivity contribution in [2.45, 2.75) is 26.7 Å². The van der Waals surface area contributed by atoms with Gasteiger partial charge in [-0.2, -0.15) is 0 Å². The first kappa shape index (κ1) is 9.78. The van der Waals surface area contributed by atoms with Crippen LogP contribution in [0, 0.1) is 12.3 Å². The third-order valence-corrected chi connectivity index (χ3v) is 3.23. The Morgan fingerprint density at radius 2 is 2.29 bits per heavy atom. The normalized spacial score (nSPS) is 17.9. The summed E-state index contributed by atoms with van der Waals surface area (Å²) in [7, 11) is 0. The topological polar surface area (TPSA) is 24.9 Å². The number of aromatic nitrogens is 1. The van der Waals surface area contributed by atoms with E-state index in [1.54, 1.807) is 6.20 Å². The van der Waals surface area contributed by atoms with Crippen molar-refractivity contribution >= 4 is 17.3 Å². The second kappa shape index (κ2) is 3.43. The maximum absolute atomic E-state index is 5.84. The maximum atomic E-state index is 5.84. The molecule has 2 rings (SSSR count). The van der Waals surface area contributed by atoms with Crippen LogP contribution in [-0.4, -0.2) is 11.5 Å². The monoisotopic (exact) mass is 210 g/mol. The molecule has 1 aromatic heterocycles. The molecule has 2 nitrogen and oxygen atoms in total. The van der Waals surface area contributed by atoms with Gasteiger partial charge in [-0.15, -0.1) is 0 Å². The number of hydrogen-bond donors (Lipinski definition) is 1. The molecule has 76 valence electrons. The lowest BCUT2D eigenvalue weighted by molar-refractivity contribution is 0.610. The smallest absolute Gasteiger partial charge is 0.132 e. The summed E-state index contributed by atoms with van der Waals surface area (Å²) in [5.74, 6) is 0. The van der Waals surface area contributed by atoms with Gasteiger partial charge in [-0.05, 0) is 36.8 Å². The molecule has 1 aliphatic rings. The number of pyridine rings is 1. The summed E-state index contributed by atoms with van der Waals surface area (Å²) in [5.41, 5.74) is 2.62. The average Bonchev–Trinajstić information content (AvgIpc) is 2.87. The molecule has 0 spiro atoms. The fourth-order valence-corrected chi connectivity index (χ4v) is 1.46. The minimum absolute atomic E-state index is 0.521. The van der Waals surface area contributed by atoms with Gasteiger partial charge < -0.3 is 5.32 Å². The summed E-state index contributed by atoms with van der Waals surface area (Å²) >= 11 is 5.84. The number of hydrogen-bond acceptors (Lipinski definition) is 2. The van der Waals surface area contributed by atoms with E-state index in [2.05, 4.69) is 17.2 Å². The number of anilines is 1. The lowest BCUT2D eigenvalue weighted by Gasteiger charge is -2.11. The van der Waals surface area contributed by atoms with Gasteiger partial charge in [-0.3, -0.25) is 0 Å². The van der Waals surface area contributed by atoms with Crippen molar-refractivity contribution in [1.29, 1.82) is 0 Å². The van der Waals surface area contributed by atoms with Gasteiger partial charge in [0.1, 0.15) is 5.15 Å². The summed E-state index contributed by atoms with van der Waals surface area (Å²) in [6, 6.07) is 2.04. The van der Waals surface area contributed by atoms with E-state index in [9.17, 15) is 0 Å². The van der Waals surface area contributed by atoms with Crippen molar-refractivity contribution in [2.24, 2.45) is 5.41 Å². The van der Waals surface area contributed by atoms with Gasteiger partial charge in [0.05, 0.1) is 11.9 Å². The molecule has 1 aromatic rings. The fourth-order valence-electron chi connectivity index (χ4n) is 1.36. The van der Waals surface area contributed by atoms with Gasteiger partial charge >= 0.3 is 0 Å². The molecular formula is C11H15ClN2. The number of halogens is 1. The van der Waals surface area contributed by atoms with Crippen LogP contribution in [0.4, 0.5) is 5.69 Å². The molecule has 1 saturated carbocycles. The van der Waals surface area contributed by atoms with E-state index in [1.165, 1.54) is 12.8 Å². The Kier molecular flexibility index (Phi) is 2.40. The van der Waals surface area contributed by atoms with E-state index in [0.717, 1.165) is 17.8 Å². The number of nitrogens with zero attached hydrogens (tertiary/aromatic N) is 1. The number of aryl methyl sites for hydroxylation is 1. The van der Waals surface area contributed by atoms with E-state index in [1.807, 2.05) is 13.0 Å². The Morgan fingerprint density at radius 3 is 2.86 bits per heavy atom. The molecule has 0 aliphatic heterocycles. The first-order chi connectivity index (χ1) is 6.59. The van der Waals surface area contributed by atoms with Crippen molar-refractivity contribution < 1.29 is 0 Å². The zero-order chi connectivity index (χ0) is 10.2. The quantitative estimate of drug-likeness (QED) is 0.775. The second-order valence-electron chi connectivity index (χ2n) is 4.50. The molecule has 0 unspecified atom stereocenters. The van der Waals surface area contributed by atoms with Crippen molar-refractivity contribution in [2.75, 3.05) is 11.9 Å². The van der Waals surface area contributed by atoms with Crippen LogP contribution in [0.3, 0.4) is 0 Å². The summed E-state index contributed by atoms with van der Waals surface area (Å²) in [4.78, 5) is 4.10. The zero-order valence-corrected chi connectivity index (χ0v) is 9.36. The Bertz CT molecular complexity index is 345. The summed E-state index contributed by atoms with van der Waals surface area (Å²) < 4.78 is 0. The molecule has 0 aromatic carbocycles. The van der Waals surface area contributed by atoms with Gasteiger partial charge in [0, 0.05) is 6.54 Å². The van der Waals surface area contributed by atoms with Crippen molar-refractivity contribution in [3.8, 4) is 0 Å². The number of nitrogens with one attached hydrogen (secondary N) is 1. The minimum atomic E-state index is 0.521. The van der Waals surface area contributed by atoms with Crippen LogP contribution in [-0.2, 0) is 0 Å². The molecule has 0 radical (unpaired) electrons. The Hall–Kier alpha value is -0.760. The first-order valence-electron chi connectivity index (χ1n) is 4.95. The minimum Gasteiger partial charge on any atom is -0.383 e. The number of rotatable bonds is 3. The summed E-state index contributed by atoms with van der Waals surface area (Å²) in [6.07, 6.45) is 4.46.